The van der Waals surface area contributed by atoms with Crippen LogP contribution in [0.2, 0.25) is 0 Å². The van der Waals surface area contributed by atoms with Gasteiger partial charge in [0, 0.05) is 18.1 Å². The van der Waals surface area contributed by atoms with E-state index < -0.39 is 5.91 Å². The van der Waals surface area contributed by atoms with Gasteiger partial charge in [0.15, 0.2) is 0 Å². The predicted octanol–water partition coefficient (Wildman–Crippen LogP) is 3.21. The Morgan fingerprint density at radius 3 is 2.62 bits per heavy atom. The van der Waals surface area contributed by atoms with Crippen LogP contribution in [-0.2, 0) is 11.2 Å². The number of amides is 1. The Bertz CT molecular complexity index is 1000. The van der Waals surface area contributed by atoms with E-state index in [4.69, 9.17) is 0 Å². The summed E-state index contributed by atoms with van der Waals surface area (Å²) in [5.41, 5.74) is 1.56. The minimum Gasteiger partial charge on any atom is -0.508 e. The second-order valence-electron chi connectivity index (χ2n) is 5.80. The molecule has 0 aliphatic heterocycles. The summed E-state index contributed by atoms with van der Waals surface area (Å²) < 4.78 is 0. The molecule has 128 valence electrons. The Morgan fingerprint density at radius 1 is 1.15 bits per heavy atom. The Morgan fingerprint density at radius 2 is 1.88 bits per heavy atom. The quantitative estimate of drug-likeness (QED) is 0.550. The molecule has 3 rings (SSSR count). The number of carbonyl (C=O) groups excluding carboxylic acids is 1. The molecule has 3 aromatic rings. The number of hydrogen-bond donors (Lipinski definition) is 2. The standard InChI is InChI=1S/C21H17N3O2/c22-13-18(12-19-11-16-3-1-2-4-17(16)14-24-19)21(26)23-10-9-15-5-7-20(25)8-6-15/h1-8,11-12,14,25H,9-10H2,(H,23,26). The molecule has 1 amide bonds. The number of fused-ring (bicyclic) bond motifs is 1. The molecule has 0 aliphatic carbocycles. The summed E-state index contributed by atoms with van der Waals surface area (Å²) in [6.07, 6.45) is 3.82. The average Bonchev–Trinajstić information content (AvgIpc) is 2.67. The molecule has 26 heavy (non-hydrogen) atoms. The second-order valence-corrected chi connectivity index (χ2v) is 5.80. The second kappa shape index (κ2) is 7.95. The van der Waals surface area contributed by atoms with Crippen molar-refractivity contribution in [1.29, 1.82) is 5.26 Å². The first-order valence-corrected chi connectivity index (χ1v) is 8.18. The fraction of sp³-hybridized carbons (Fsp3) is 0.0952. The lowest BCUT2D eigenvalue weighted by molar-refractivity contribution is -0.117. The van der Waals surface area contributed by atoms with Crippen molar-refractivity contribution in [3.05, 3.63) is 77.6 Å². The monoisotopic (exact) mass is 343 g/mol. The first kappa shape index (κ1) is 17.2. The molecule has 5 nitrogen and oxygen atoms in total. The summed E-state index contributed by atoms with van der Waals surface area (Å²) in [5.74, 6) is -0.225. The van der Waals surface area contributed by atoms with E-state index in [1.54, 1.807) is 30.5 Å². The van der Waals surface area contributed by atoms with Crippen LogP contribution in [0, 0.1) is 11.3 Å². The average molecular weight is 343 g/mol. The van der Waals surface area contributed by atoms with Crippen molar-refractivity contribution in [3.63, 3.8) is 0 Å². The van der Waals surface area contributed by atoms with Crippen molar-refractivity contribution >= 4 is 22.8 Å². The molecule has 2 aromatic carbocycles. The minimum absolute atomic E-state index is 0.0125. The van der Waals surface area contributed by atoms with E-state index >= 15 is 0 Å². The molecule has 0 unspecified atom stereocenters. The number of phenols is 1. The first-order chi connectivity index (χ1) is 12.7. The lowest BCUT2D eigenvalue weighted by Gasteiger charge is -2.05. The van der Waals surface area contributed by atoms with Crippen molar-refractivity contribution in [1.82, 2.24) is 10.3 Å². The third kappa shape index (κ3) is 4.25. The van der Waals surface area contributed by atoms with Crippen LogP contribution in [0.4, 0.5) is 0 Å². The first-order valence-electron chi connectivity index (χ1n) is 8.18. The Hall–Kier alpha value is -3.65. The van der Waals surface area contributed by atoms with Gasteiger partial charge in [0.1, 0.15) is 17.4 Å². The van der Waals surface area contributed by atoms with Gasteiger partial charge in [-0.15, -0.1) is 0 Å². The number of pyridine rings is 1. The smallest absolute Gasteiger partial charge is 0.262 e. The molecule has 0 saturated heterocycles. The molecule has 0 bridgehead atoms. The molecule has 0 atom stereocenters. The van der Waals surface area contributed by atoms with Gasteiger partial charge in [-0.3, -0.25) is 9.78 Å². The third-order valence-corrected chi connectivity index (χ3v) is 3.94. The summed E-state index contributed by atoms with van der Waals surface area (Å²) in [5, 5.41) is 23.3. The normalized spacial score (nSPS) is 11.1. The van der Waals surface area contributed by atoms with Gasteiger partial charge < -0.3 is 10.4 Å². The summed E-state index contributed by atoms with van der Waals surface area (Å²) in [6, 6.07) is 18.3. The molecule has 1 heterocycles. The predicted molar refractivity (Wildman–Crippen MR) is 100 cm³/mol. The van der Waals surface area contributed by atoms with Crippen LogP contribution in [0.1, 0.15) is 11.3 Å². The number of phenolic OH excluding ortho intramolecular Hbond substituents is 1. The molecule has 0 spiro atoms. The molecule has 0 fully saturated rings. The van der Waals surface area contributed by atoms with Crippen LogP contribution < -0.4 is 5.32 Å². The van der Waals surface area contributed by atoms with E-state index in [1.807, 2.05) is 36.4 Å². The van der Waals surface area contributed by atoms with Crippen molar-refractivity contribution in [2.24, 2.45) is 0 Å². The number of aromatic hydroxyl groups is 1. The maximum absolute atomic E-state index is 12.2. The van der Waals surface area contributed by atoms with Gasteiger partial charge >= 0.3 is 0 Å². The molecule has 0 saturated carbocycles. The Balaban J connectivity index is 1.66. The summed E-state index contributed by atoms with van der Waals surface area (Å²) in [4.78, 5) is 16.5. The van der Waals surface area contributed by atoms with E-state index in [0.29, 0.717) is 18.7 Å². The van der Waals surface area contributed by atoms with E-state index in [9.17, 15) is 15.2 Å². The Kier molecular flexibility index (Phi) is 5.25. The largest absolute Gasteiger partial charge is 0.508 e. The third-order valence-electron chi connectivity index (χ3n) is 3.94. The zero-order valence-electron chi connectivity index (χ0n) is 14.0. The van der Waals surface area contributed by atoms with Crippen LogP contribution in [0.5, 0.6) is 5.75 Å². The van der Waals surface area contributed by atoms with Gasteiger partial charge in [-0.2, -0.15) is 5.26 Å². The van der Waals surface area contributed by atoms with Crippen molar-refractivity contribution in [2.45, 2.75) is 6.42 Å². The van der Waals surface area contributed by atoms with E-state index in [2.05, 4.69) is 10.3 Å². The van der Waals surface area contributed by atoms with Gasteiger partial charge in [-0.25, -0.2) is 0 Å². The van der Waals surface area contributed by atoms with Crippen LogP contribution >= 0.6 is 0 Å². The van der Waals surface area contributed by atoms with E-state index in [-0.39, 0.29) is 11.3 Å². The molecule has 0 aliphatic rings. The molecule has 0 radical (unpaired) electrons. The zero-order chi connectivity index (χ0) is 18.4. The zero-order valence-corrected chi connectivity index (χ0v) is 14.0. The highest BCUT2D eigenvalue weighted by Crippen LogP contribution is 2.15. The number of nitrogens with one attached hydrogen (secondary N) is 1. The fourth-order valence-electron chi connectivity index (χ4n) is 2.55. The van der Waals surface area contributed by atoms with Crippen LogP contribution in [0.15, 0.2) is 66.4 Å². The number of nitrogens with zero attached hydrogens (tertiary/aromatic N) is 2. The topological polar surface area (TPSA) is 86.0 Å². The number of aromatic nitrogens is 1. The van der Waals surface area contributed by atoms with Crippen molar-refractivity contribution in [3.8, 4) is 11.8 Å². The molecule has 2 N–H and O–H groups in total. The van der Waals surface area contributed by atoms with Crippen LogP contribution in [0.3, 0.4) is 0 Å². The van der Waals surface area contributed by atoms with Crippen molar-refractivity contribution in [2.75, 3.05) is 6.54 Å². The summed E-state index contributed by atoms with van der Waals surface area (Å²) >= 11 is 0. The highest BCUT2D eigenvalue weighted by Gasteiger charge is 2.09. The van der Waals surface area contributed by atoms with Gasteiger partial charge in [0.25, 0.3) is 5.91 Å². The maximum Gasteiger partial charge on any atom is 0.262 e. The maximum atomic E-state index is 12.2. The van der Waals surface area contributed by atoms with Crippen LogP contribution in [0.25, 0.3) is 16.8 Å². The highest BCUT2D eigenvalue weighted by atomic mass is 16.3. The number of nitriles is 1. The van der Waals surface area contributed by atoms with Gasteiger partial charge in [0.2, 0.25) is 0 Å². The van der Waals surface area contributed by atoms with Crippen molar-refractivity contribution < 1.29 is 9.90 Å². The fourth-order valence-corrected chi connectivity index (χ4v) is 2.55. The molecular weight excluding hydrogens is 326 g/mol. The number of hydrogen-bond acceptors (Lipinski definition) is 4. The lowest BCUT2D eigenvalue weighted by Crippen LogP contribution is -2.26. The van der Waals surface area contributed by atoms with Crippen LogP contribution in [-0.4, -0.2) is 22.5 Å². The summed E-state index contributed by atoms with van der Waals surface area (Å²) in [7, 11) is 0. The highest BCUT2D eigenvalue weighted by molar-refractivity contribution is 6.01. The van der Waals surface area contributed by atoms with E-state index in [1.165, 1.54) is 6.08 Å². The van der Waals surface area contributed by atoms with Gasteiger partial charge in [-0.05, 0) is 41.6 Å². The molecule has 1 aromatic heterocycles. The number of rotatable bonds is 5. The van der Waals surface area contributed by atoms with E-state index in [0.717, 1.165) is 16.3 Å². The Labute approximate surface area is 151 Å². The minimum atomic E-state index is -0.429. The van der Waals surface area contributed by atoms with Gasteiger partial charge in [-0.1, -0.05) is 36.4 Å². The number of benzene rings is 2. The number of carbonyl (C=O) groups is 1. The SMILES string of the molecule is N#CC(=Cc1cc2ccccc2cn1)C(=O)NCCc1ccc(O)cc1. The summed E-state index contributed by atoms with van der Waals surface area (Å²) in [6.45, 7) is 0.397. The molecule has 5 heteroatoms. The molecular formula is C21H17N3O2. The lowest BCUT2D eigenvalue weighted by atomic mass is 10.1. The van der Waals surface area contributed by atoms with Gasteiger partial charge in [0.05, 0.1) is 5.69 Å².